The Labute approximate surface area is 237 Å². The maximum absolute atomic E-state index is 15.0. The number of amides is 1. The van der Waals surface area contributed by atoms with Crippen molar-refractivity contribution in [3.63, 3.8) is 0 Å². The monoisotopic (exact) mass is 587 g/mol. The van der Waals surface area contributed by atoms with Gasteiger partial charge in [0.2, 0.25) is 5.91 Å². The van der Waals surface area contributed by atoms with E-state index in [0.717, 1.165) is 39.4 Å². The van der Waals surface area contributed by atoms with Gasteiger partial charge in [0.1, 0.15) is 17.7 Å². The molecule has 0 saturated carbocycles. The van der Waals surface area contributed by atoms with Crippen molar-refractivity contribution >= 4 is 70.8 Å². The molecule has 200 valence electrons. The minimum Gasteiger partial charge on any atom is -0.497 e. The van der Waals surface area contributed by atoms with E-state index in [9.17, 15) is 4.79 Å². The van der Waals surface area contributed by atoms with Crippen LogP contribution in [0.15, 0.2) is 41.4 Å². The fourth-order valence-corrected chi connectivity index (χ4v) is 5.59. The van der Waals surface area contributed by atoms with Crippen LogP contribution in [-0.4, -0.2) is 65.5 Å². The summed E-state index contributed by atoms with van der Waals surface area (Å²) in [5, 5.41) is 7.71. The van der Waals surface area contributed by atoms with Crippen LogP contribution in [0.1, 0.15) is 17.7 Å². The molecule has 0 bridgehead atoms. The van der Waals surface area contributed by atoms with Crippen molar-refractivity contribution in [3.05, 3.63) is 52.8 Å². The van der Waals surface area contributed by atoms with Gasteiger partial charge in [0.25, 0.3) is 0 Å². The number of likely N-dealkylation sites (tertiary alicyclic amines) is 1. The highest BCUT2D eigenvalue weighted by molar-refractivity contribution is 8.00. The lowest BCUT2D eigenvalue weighted by atomic mass is 10.0. The van der Waals surface area contributed by atoms with Crippen LogP contribution >= 0.6 is 48.2 Å². The maximum atomic E-state index is 15.0. The zero-order chi connectivity index (χ0) is 24.4. The number of pyridine rings is 2. The summed E-state index contributed by atoms with van der Waals surface area (Å²) in [6, 6.07) is 9.41. The first-order valence-electron chi connectivity index (χ1n) is 11.6. The number of carbonyl (C=O) groups excluding carboxylic acids is 1. The third-order valence-electron chi connectivity index (χ3n) is 6.52. The number of methoxy groups -OCH3 is 1. The van der Waals surface area contributed by atoms with Gasteiger partial charge in [-0.25, -0.2) is 9.37 Å². The van der Waals surface area contributed by atoms with Crippen molar-refractivity contribution in [2.24, 2.45) is 0 Å². The summed E-state index contributed by atoms with van der Waals surface area (Å²) in [5.41, 5.74) is 2.66. The van der Waals surface area contributed by atoms with Crippen molar-refractivity contribution in [3.8, 4) is 5.75 Å². The molecule has 2 N–H and O–H groups in total. The highest BCUT2D eigenvalue weighted by atomic mass is 35.5. The Balaban J connectivity index is 0.00000190. The third kappa shape index (κ3) is 6.96. The Morgan fingerprint density at radius 3 is 2.92 bits per heavy atom. The van der Waals surface area contributed by atoms with Crippen LogP contribution in [0.3, 0.4) is 0 Å². The van der Waals surface area contributed by atoms with E-state index < -0.39 is 6.17 Å². The molecule has 1 amide bonds. The van der Waals surface area contributed by atoms with Gasteiger partial charge in [0.05, 0.1) is 34.0 Å². The van der Waals surface area contributed by atoms with Crippen LogP contribution in [-0.2, 0) is 17.8 Å². The second kappa shape index (κ2) is 13.3. The van der Waals surface area contributed by atoms with Crippen LogP contribution in [0.25, 0.3) is 10.9 Å². The largest absolute Gasteiger partial charge is 0.497 e. The molecule has 7 nitrogen and oxygen atoms in total. The molecule has 1 aromatic carbocycles. The number of halogens is 4. The van der Waals surface area contributed by atoms with Gasteiger partial charge in [0, 0.05) is 37.3 Å². The SMILES string of the molecule is COc1ccc2ncc(Cl)c(CCN3CC[C@@H](NCc4ccc5c(n4)NC(=O)CS5)[C@H](F)C3)c2c1.Cl.Cl. The summed E-state index contributed by atoms with van der Waals surface area (Å²) in [4.78, 5) is 23.7. The number of benzene rings is 1. The number of carbonyl (C=O) groups is 1. The smallest absolute Gasteiger partial charge is 0.235 e. The molecule has 2 aromatic heterocycles. The highest BCUT2D eigenvalue weighted by Crippen LogP contribution is 2.30. The number of fused-ring (bicyclic) bond motifs is 2. The second-order valence-electron chi connectivity index (χ2n) is 8.80. The summed E-state index contributed by atoms with van der Waals surface area (Å²) in [6.45, 7) is 2.34. The van der Waals surface area contributed by atoms with Crippen molar-refractivity contribution in [2.45, 2.75) is 36.5 Å². The molecule has 5 rings (SSSR count). The number of thioether (sulfide) groups is 1. The molecular weight excluding hydrogens is 560 g/mol. The van der Waals surface area contributed by atoms with Crippen LogP contribution < -0.4 is 15.4 Å². The molecule has 0 unspecified atom stereocenters. The lowest BCUT2D eigenvalue weighted by Crippen LogP contribution is -2.51. The number of rotatable bonds is 7. The topological polar surface area (TPSA) is 79.4 Å². The molecular formula is C25H29Cl3FN5O2S. The fourth-order valence-electron chi connectivity index (χ4n) is 4.59. The number of alkyl halides is 1. The molecule has 1 fully saturated rings. The van der Waals surface area contributed by atoms with Gasteiger partial charge in [-0.05, 0) is 55.3 Å². The fraction of sp³-hybridized carbons (Fsp3) is 0.400. The van der Waals surface area contributed by atoms with Crippen molar-refractivity contribution in [2.75, 3.05) is 37.8 Å². The summed E-state index contributed by atoms with van der Waals surface area (Å²) in [6.07, 6.45) is 2.11. The first kappa shape index (κ1) is 29.7. The van der Waals surface area contributed by atoms with Gasteiger partial charge in [-0.2, -0.15) is 0 Å². The van der Waals surface area contributed by atoms with E-state index in [1.54, 1.807) is 13.3 Å². The molecule has 12 heteroatoms. The molecule has 0 radical (unpaired) electrons. The average molecular weight is 589 g/mol. The van der Waals surface area contributed by atoms with Crippen molar-refractivity contribution < 1.29 is 13.9 Å². The molecule has 2 aliphatic heterocycles. The third-order valence-corrected chi connectivity index (χ3v) is 7.89. The summed E-state index contributed by atoms with van der Waals surface area (Å²) in [5.74, 6) is 1.72. The minimum absolute atomic E-state index is 0. The van der Waals surface area contributed by atoms with E-state index in [1.807, 2.05) is 30.3 Å². The second-order valence-corrected chi connectivity index (χ2v) is 10.2. The predicted molar refractivity (Wildman–Crippen MR) is 152 cm³/mol. The Morgan fingerprint density at radius 2 is 2.14 bits per heavy atom. The van der Waals surface area contributed by atoms with Gasteiger partial charge in [-0.3, -0.25) is 14.7 Å². The van der Waals surface area contributed by atoms with Crippen molar-refractivity contribution in [1.82, 2.24) is 20.2 Å². The first-order valence-corrected chi connectivity index (χ1v) is 13.0. The van der Waals surface area contributed by atoms with Gasteiger partial charge < -0.3 is 15.4 Å². The van der Waals surface area contributed by atoms with Gasteiger partial charge >= 0.3 is 0 Å². The predicted octanol–water partition coefficient (Wildman–Crippen LogP) is 4.92. The van der Waals surface area contributed by atoms with Crippen LogP contribution in [0, 0.1) is 0 Å². The van der Waals surface area contributed by atoms with E-state index in [1.165, 1.54) is 11.8 Å². The minimum atomic E-state index is -0.985. The lowest BCUT2D eigenvalue weighted by molar-refractivity contribution is -0.113. The van der Waals surface area contributed by atoms with Gasteiger partial charge in [0.15, 0.2) is 0 Å². The number of nitrogens with one attached hydrogen (secondary N) is 2. The Kier molecular flexibility index (Phi) is 10.6. The Bertz CT molecular complexity index is 1250. The molecule has 2 atom stereocenters. The van der Waals surface area contributed by atoms with E-state index in [4.69, 9.17) is 16.3 Å². The summed E-state index contributed by atoms with van der Waals surface area (Å²) >= 11 is 7.96. The molecule has 3 aromatic rings. The molecule has 2 aliphatic rings. The van der Waals surface area contributed by atoms with E-state index in [-0.39, 0.29) is 36.8 Å². The number of nitrogens with zero attached hydrogens (tertiary/aromatic N) is 3. The van der Waals surface area contributed by atoms with Crippen LogP contribution in [0.5, 0.6) is 5.75 Å². The number of aromatic nitrogens is 2. The first-order chi connectivity index (χ1) is 17.0. The zero-order valence-corrected chi connectivity index (χ0v) is 23.4. The highest BCUT2D eigenvalue weighted by Gasteiger charge is 2.29. The van der Waals surface area contributed by atoms with E-state index >= 15 is 4.39 Å². The molecule has 1 saturated heterocycles. The molecule has 37 heavy (non-hydrogen) atoms. The zero-order valence-electron chi connectivity index (χ0n) is 20.2. The van der Waals surface area contributed by atoms with E-state index in [2.05, 4.69) is 25.5 Å². The van der Waals surface area contributed by atoms with Crippen LogP contribution in [0.2, 0.25) is 5.02 Å². The number of hydrogen-bond donors (Lipinski definition) is 2. The average Bonchev–Trinajstić information content (AvgIpc) is 2.87. The standard InChI is InChI=1S/C25H27ClFN5O2S.2ClH/c1-34-16-3-4-21-18(10-16)17(19(26)12-29-21)6-8-32-9-7-22(20(27)13-32)28-11-15-2-5-23-25(30-15)31-24(33)14-35-23;;/h2-5,10,12,20,22,28H,6-9,11,13-14H2,1H3,(H,30,31,33);2*1H/t20-,22-;;/m1../s1. The summed E-state index contributed by atoms with van der Waals surface area (Å²) in [7, 11) is 1.64. The molecule has 0 spiro atoms. The van der Waals surface area contributed by atoms with Crippen molar-refractivity contribution in [1.29, 1.82) is 0 Å². The van der Waals surface area contributed by atoms with Gasteiger partial charge in [-0.15, -0.1) is 36.6 Å². The van der Waals surface area contributed by atoms with Crippen LogP contribution in [0.4, 0.5) is 10.2 Å². The molecule has 0 aliphatic carbocycles. The lowest BCUT2D eigenvalue weighted by Gasteiger charge is -2.35. The number of anilines is 1. The Morgan fingerprint density at radius 1 is 1.30 bits per heavy atom. The van der Waals surface area contributed by atoms with E-state index in [0.29, 0.717) is 49.1 Å². The maximum Gasteiger partial charge on any atom is 0.235 e. The number of ether oxygens (including phenoxy) is 1. The summed E-state index contributed by atoms with van der Waals surface area (Å²) < 4.78 is 20.4. The van der Waals surface area contributed by atoms with Gasteiger partial charge in [-0.1, -0.05) is 11.6 Å². The number of piperidine rings is 1. The quantitative estimate of drug-likeness (QED) is 0.405. The number of hydrogen-bond acceptors (Lipinski definition) is 7. The molecule has 4 heterocycles. The normalized spacial score (nSPS) is 19.4. The Hall–Kier alpha value is -1.88.